The molecule has 0 atom stereocenters. The third kappa shape index (κ3) is 6.95. The number of carbonyl (C=O) groups excluding carboxylic acids is 2. The van der Waals surface area contributed by atoms with Gasteiger partial charge in [0, 0.05) is 6.04 Å². The number of nitrogens with zero attached hydrogens (tertiary/aromatic N) is 3. The lowest BCUT2D eigenvalue weighted by atomic mass is 10.4. The van der Waals surface area contributed by atoms with Gasteiger partial charge >= 0.3 is 11.9 Å². The van der Waals surface area contributed by atoms with E-state index in [9.17, 15) is 9.59 Å². The Bertz CT molecular complexity index is 608. The Labute approximate surface area is 142 Å². The first kappa shape index (κ1) is 22.9. The number of nitrogens with one attached hydrogen (secondary N) is 2. The lowest BCUT2D eigenvalue weighted by molar-refractivity contribution is 0.0998. The van der Waals surface area contributed by atoms with Crippen LogP contribution in [0.4, 0.5) is 16.4 Å². The molecule has 0 aliphatic rings. The molecule has 0 radical (unpaired) electrons. The van der Waals surface area contributed by atoms with Gasteiger partial charge in [-0.05, 0) is 13.8 Å². The van der Waals surface area contributed by atoms with Crippen molar-refractivity contribution in [2.24, 2.45) is 10.7 Å². The molecule has 3 amide bonds. The first-order valence-corrected chi connectivity index (χ1v) is 6.13. The Morgan fingerprint density at radius 1 is 1.22 bits per heavy atom. The average Bonchev–Trinajstić information content (AvgIpc) is 2.31. The summed E-state index contributed by atoms with van der Waals surface area (Å²) in [5, 5.41) is 4.48. The minimum absolute atomic E-state index is 0. The monoisotopic (exact) mass is 368 g/mol. The van der Waals surface area contributed by atoms with Gasteiger partial charge in [-0.1, -0.05) is 11.6 Å². The van der Waals surface area contributed by atoms with E-state index >= 15 is 0 Å². The Morgan fingerprint density at radius 3 is 2.30 bits per heavy atom. The van der Waals surface area contributed by atoms with Crippen molar-refractivity contribution >= 4 is 53.5 Å². The van der Waals surface area contributed by atoms with Crippen LogP contribution in [0.5, 0.6) is 0 Å². The molecule has 0 unspecified atom stereocenters. The summed E-state index contributed by atoms with van der Waals surface area (Å²) in [7, 11) is 0. The summed E-state index contributed by atoms with van der Waals surface area (Å²) in [6, 6.07) is -0.709. The summed E-state index contributed by atoms with van der Waals surface area (Å²) < 4.78 is 0. The molecule has 0 aliphatic heterocycles. The quantitative estimate of drug-likeness (QED) is 0.326. The number of halogens is 2. The number of carbonyl (C=O) groups is 2. The third-order valence-corrected chi connectivity index (χ3v) is 2.27. The molecule has 0 aromatic carbocycles. The van der Waals surface area contributed by atoms with Gasteiger partial charge in [0.05, 0.1) is 0 Å². The van der Waals surface area contributed by atoms with Crippen molar-refractivity contribution in [3.05, 3.63) is 10.8 Å². The van der Waals surface area contributed by atoms with Crippen LogP contribution in [0.1, 0.15) is 24.3 Å². The Kier molecular flexibility index (Phi) is 9.57. The summed E-state index contributed by atoms with van der Waals surface area (Å²) in [5.41, 5.74) is 16.0. The van der Waals surface area contributed by atoms with Gasteiger partial charge in [0.25, 0.3) is 0 Å². The van der Waals surface area contributed by atoms with Gasteiger partial charge < -0.3 is 28.0 Å². The van der Waals surface area contributed by atoms with Crippen molar-refractivity contribution in [3.8, 4) is 0 Å². The molecule has 1 heterocycles. The highest BCUT2D eigenvalue weighted by atomic mass is 35.5. The van der Waals surface area contributed by atoms with Gasteiger partial charge in [-0.3, -0.25) is 10.1 Å². The predicted octanol–water partition coefficient (Wildman–Crippen LogP) is -0.946. The van der Waals surface area contributed by atoms with Crippen molar-refractivity contribution in [1.82, 2.24) is 20.6 Å². The zero-order chi connectivity index (χ0) is 16.2. The van der Waals surface area contributed by atoms with Crippen LogP contribution >= 0.6 is 24.0 Å². The van der Waals surface area contributed by atoms with Crippen LogP contribution in [-0.2, 0) is 0 Å². The zero-order valence-electron chi connectivity index (χ0n) is 12.3. The molecular formula is C10H18Cl2N8O3. The fraction of sp³-hybridized carbons (Fsp3) is 0.300. The largest absolute Gasteiger partial charge is 0.412 e. The number of nitrogen functional groups attached to an aromatic ring is 2. The van der Waals surface area contributed by atoms with Gasteiger partial charge in [-0.15, -0.1) is 12.4 Å². The second kappa shape index (κ2) is 9.61. The van der Waals surface area contributed by atoms with Gasteiger partial charge in [0.2, 0.25) is 5.96 Å². The van der Waals surface area contributed by atoms with E-state index in [1.165, 1.54) is 0 Å². The van der Waals surface area contributed by atoms with Crippen molar-refractivity contribution in [2.45, 2.75) is 19.9 Å². The highest BCUT2D eigenvalue weighted by molar-refractivity contribution is 6.31. The summed E-state index contributed by atoms with van der Waals surface area (Å²) in [5.74, 6) is -1.70. The second-order valence-electron chi connectivity index (χ2n) is 4.19. The molecule has 0 bridgehead atoms. The van der Waals surface area contributed by atoms with Gasteiger partial charge in [-0.2, -0.15) is 4.99 Å². The molecule has 0 spiro atoms. The van der Waals surface area contributed by atoms with Gasteiger partial charge in [-0.25, -0.2) is 14.8 Å². The van der Waals surface area contributed by atoms with Crippen molar-refractivity contribution in [2.75, 3.05) is 11.5 Å². The van der Waals surface area contributed by atoms with Crippen LogP contribution in [0.2, 0.25) is 5.15 Å². The number of nitrogens with two attached hydrogens (primary N) is 3. The molecule has 0 saturated carbocycles. The summed E-state index contributed by atoms with van der Waals surface area (Å²) in [4.78, 5) is 33.9. The average molecular weight is 369 g/mol. The van der Waals surface area contributed by atoms with E-state index in [1.807, 2.05) is 0 Å². The number of anilines is 2. The molecule has 1 aromatic heterocycles. The van der Waals surface area contributed by atoms with E-state index in [2.05, 4.69) is 25.6 Å². The summed E-state index contributed by atoms with van der Waals surface area (Å²) >= 11 is 5.64. The Hall–Kier alpha value is -2.37. The molecule has 130 valence electrons. The van der Waals surface area contributed by atoms with Crippen LogP contribution in [0.3, 0.4) is 0 Å². The molecule has 13 heteroatoms. The van der Waals surface area contributed by atoms with E-state index in [0.29, 0.717) is 0 Å². The fourth-order valence-electron chi connectivity index (χ4n) is 1.20. The lowest BCUT2D eigenvalue weighted by Gasteiger charge is -2.09. The smallest absolute Gasteiger partial charge is 0.321 e. The normalized spacial score (nSPS) is 10.3. The first-order chi connectivity index (χ1) is 9.70. The van der Waals surface area contributed by atoms with E-state index < -0.39 is 17.9 Å². The maximum Gasteiger partial charge on any atom is 0.321 e. The topological polar surface area (TPSA) is 206 Å². The molecule has 10 N–H and O–H groups in total. The highest BCUT2D eigenvalue weighted by Crippen LogP contribution is 2.17. The number of aliphatic imine (C=N–C) groups is 1. The number of amides is 3. The third-order valence-electron chi connectivity index (χ3n) is 1.99. The van der Waals surface area contributed by atoms with Crippen molar-refractivity contribution < 1.29 is 15.1 Å². The van der Waals surface area contributed by atoms with Crippen LogP contribution in [0, 0.1) is 0 Å². The maximum absolute atomic E-state index is 11.8. The van der Waals surface area contributed by atoms with Crippen LogP contribution in [0.25, 0.3) is 0 Å². The molecular weight excluding hydrogens is 351 g/mol. The van der Waals surface area contributed by atoms with Gasteiger partial charge in [0.1, 0.15) is 0 Å². The number of hydrogen-bond acceptors (Lipinski definition) is 6. The fourth-order valence-corrected chi connectivity index (χ4v) is 1.33. The lowest BCUT2D eigenvalue weighted by Crippen LogP contribution is -2.45. The Balaban J connectivity index is 0. The summed E-state index contributed by atoms with van der Waals surface area (Å²) in [6.45, 7) is 3.51. The summed E-state index contributed by atoms with van der Waals surface area (Å²) in [6.07, 6.45) is 0. The van der Waals surface area contributed by atoms with Crippen molar-refractivity contribution in [1.29, 1.82) is 0 Å². The second-order valence-corrected chi connectivity index (χ2v) is 4.55. The minimum Gasteiger partial charge on any atom is -0.412 e. The minimum atomic E-state index is -0.913. The molecule has 1 aromatic rings. The van der Waals surface area contributed by atoms with E-state index in [4.69, 9.17) is 28.8 Å². The number of guanidine groups is 1. The van der Waals surface area contributed by atoms with E-state index in [-0.39, 0.29) is 46.4 Å². The molecule has 23 heavy (non-hydrogen) atoms. The number of urea groups is 1. The SMILES string of the molecule is CC(C)NC(=O)N/C(N)=N\C(=O)c1nc(Cl)c(N)nc1N.Cl.O. The highest BCUT2D eigenvalue weighted by Gasteiger charge is 2.16. The number of rotatable bonds is 2. The number of hydrogen-bond donors (Lipinski definition) is 5. The molecule has 0 fully saturated rings. The van der Waals surface area contributed by atoms with Crippen LogP contribution < -0.4 is 27.8 Å². The van der Waals surface area contributed by atoms with Crippen molar-refractivity contribution in [3.63, 3.8) is 0 Å². The predicted molar refractivity (Wildman–Crippen MR) is 89.5 cm³/mol. The molecule has 0 aliphatic carbocycles. The van der Waals surface area contributed by atoms with E-state index in [0.717, 1.165) is 0 Å². The van der Waals surface area contributed by atoms with Crippen LogP contribution in [-0.4, -0.2) is 39.4 Å². The standard InChI is InChI=1S/C10H15ClN8O2.ClH.H2O/c1-3(2)15-10(21)19-9(14)18-8(20)4-6(12)17-7(13)5(11)16-4;;/h3H,1-2H3,(H4,12,13,17)(H4,14,15,18,19,20,21);1H;1H2. The Morgan fingerprint density at radius 2 is 1.78 bits per heavy atom. The van der Waals surface area contributed by atoms with Crippen LogP contribution in [0.15, 0.2) is 4.99 Å². The molecule has 0 saturated heterocycles. The van der Waals surface area contributed by atoms with E-state index in [1.54, 1.807) is 13.8 Å². The molecule has 11 nitrogen and oxygen atoms in total. The maximum atomic E-state index is 11.8. The number of aromatic nitrogens is 2. The van der Waals surface area contributed by atoms with Gasteiger partial charge in [0.15, 0.2) is 22.5 Å². The zero-order valence-corrected chi connectivity index (χ0v) is 13.8. The molecule has 1 rings (SSSR count). The first-order valence-electron chi connectivity index (χ1n) is 5.75.